The van der Waals surface area contributed by atoms with Gasteiger partial charge in [0.2, 0.25) is 0 Å². The van der Waals surface area contributed by atoms with E-state index in [1.807, 2.05) is 13.0 Å². The molecule has 0 spiro atoms. The number of aryl methyl sites for hydroxylation is 1. The van der Waals surface area contributed by atoms with Crippen molar-refractivity contribution in [3.05, 3.63) is 47.3 Å². The van der Waals surface area contributed by atoms with Gasteiger partial charge in [-0.2, -0.15) is 0 Å². The van der Waals surface area contributed by atoms with Crippen molar-refractivity contribution in [3.8, 4) is 22.8 Å². The number of carbonyl (C=O) groups excluding carboxylic acids is 1. The Kier molecular flexibility index (Phi) is 5.12. The summed E-state index contributed by atoms with van der Waals surface area (Å²) in [5.41, 5.74) is 2.77. The number of amides is 1. The highest BCUT2D eigenvalue weighted by molar-refractivity contribution is 7.93. The predicted octanol–water partition coefficient (Wildman–Crippen LogP) is 3.28. The van der Waals surface area contributed by atoms with Gasteiger partial charge >= 0.3 is 0 Å². The van der Waals surface area contributed by atoms with E-state index in [-0.39, 0.29) is 28.3 Å². The van der Waals surface area contributed by atoms with Crippen molar-refractivity contribution >= 4 is 38.1 Å². The summed E-state index contributed by atoms with van der Waals surface area (Å²) >= 11 is 1.17. The Hall–Kier alpha value is -3.11. The van der Waals surface area contributed by atoms with Crippen LogP contribution in [0.3, 0.4) is 0 Å². The Bertz CT molecular complexity index is 1240. The standard InChI is InChI=1S/C20H19N3O5S2/c1-12-4-6-17(27-3)18(8-12)30(25,26)22-20-21-14(11-29-20)13-5-7-16-15(9-13)23(2)19(24)10-28-16/h4-9,11H,10H2,1-3H3,(H,21,22). The van der Waals surface area contributed by atoms with Crippen LogP contribution in [0.2, 0.25) is 0 Å². The van der Waals surface area contributed by atoms with E-state index in [2.05, 4.69) is 9.71 Å². The third-order valence-corrected chi connectivity index (χ3v) is 6.92. The molecule has 0 aliphatic carbocycles. The van der Waals surface area contributed by atoms with E-state index in [0.29, 0.717) is 17.1 Å². The maximum absolute atomic E-state index is 12.9. The molecule has 0 unspecified atom stereocenters. The topological polar surface area (TPSA) is 97.8 Å². The van der Waals surface area contributed by atoms with Gasteiger partial charge in [-0.1, -0.05) is 6.07 Å². The molecule has 3 aromatic rings. The van der Waals surface area contributed by atoms with Crippen LogP contribution in [0.25, 0.3) is 11.3 Å². The lowest BCUT2D eigenvalue weighted by Gasteiger charge is -2.26. The second-order valence-electron chi connectivity index (χ2n) is 6.72. The second-order valence-corrected chi connectivity index (χ2v) is 9.23. The number of nitrogens with one attached hydrogen (secondary N) is 1. The van der Waals surface area contributed by atoms with Crippen LogP contribution < -0.4 is 19.1 Å². The van der Waals surface area contributed by atoms with E-state index in [4.69, 9.17) is 9.47 Å². The van der Waals surface area contributed by atoms with E-state index in [0.717, 1.165) is 11.1 Å². The normalized spacial score (nSPS) is 13.6. The van der Waals surface area contributed by atoms with Crippen LogP contribution in [-0.4, -0.2) is 40.1 Å². The smallest absolute Gasteiger partial charge is 0.267 e. The monoisotopic (exact) mass is 445 g/mol. The van der Waals surface area contributed by atoms with E-state index < -0.39 is 10.0 Å². The molecule has 0 saturated heterocycles. The third-order valence-electron chi connectivity index (χ3n) is 4.68. The maximum Gasteiger partial charge on any atom is 0.267 e. The quantitative estimate of drug-likeness (QED) is 0.647. The Morgan fingerprint density at radius 3 is 2.80 bits per heavy atom. The summed E-state index contributed by atoms with van der Waals surface area (Å²) < 4.78 is 38.9. The van der Waals surface area contributed by atoms with Crippen molar-refractivity contribution in [1.29, 1.82) is 0 Å². The lowest BCUT2D eigenvalue weighted by atomic mass is 10.1. The molecule has 2 heterocycles. The number of hydrogen-bond donors (Lipinski definition) is 1. The van der Waals surface area contributed by atoms with Crippen molar-refractivity contribution in [3.63, 3.8) is 0 Å². The van der Waals surface area contributed by atoms with Gasteiger partial charge in [0, 0.05) is 18.0 Å². The molecule has 0 fully saturated rings. The number of nitrogens with zero attached hydrogens (tertiary/aromatic N) is 2. The third kappa shape index (κ3) is 3.71. The number of fused-ring (bicyclic) bond motifs is 1. The number of benzene rings is 2. The van der Waals surface area contributed by atoms with Gasteiger partial charge in [-0.25, -0.2) is 13.4 Å². The molecule has 4 rings (SSSR count). The fraction of sp³-hybridized carbons (Fsp3) is 0.200. The van der Waals surface area contributed by atoms with Crippen LogP contribution in [0, 0.1) is 6.92 Å². The minimum atomic E-state index is -3.88. The van der Waals surface area contributed by atoms with Crippen molar-refractivity contribution < 1.29 is 22.7 Å². The lowest BCUT2D eigenvalue weighted by molar-refractivity contribution is -0.120. The number of sulfonamides is 1. The van der Waals surface area contributed by atoms with Crippen LogP contribution in [0.5, 0.6) is 11.5 Å². The molecule has 0 atom stereocenters. The van der Waals surface area contributed by atoms with Crippen LogP contribution >= 0.6 is 11.3 Å². The van der Waals surface area contributed by atoms with Gasteiger partial charge in [-0.15, -0.1) is 11.3 Å². The summed E-state index contributed by atoms with van der Waals surface area (Å²) in [7, 11) is -0.771. The van der Waals surface area contributed by atoms with E-state index >= 15 is 0 Å². The first-order valence-electron chi connectivity index (χ1n) is 8.95. The molecule has 0 bridgehead atoms. The molecular weight excluding hydrogens is 426 g/mol. The minimum Gasteiger partial charge on any atom is -0.495 e. The summed E-state index contributed by atoms with van der Waals surface area (Å²) in [6.45, 7) is 1.81. The molecule has 1 aromatic heterocycles. The Labute approximate surface area is 178 Å². The van der Waals surface area contributed by atoms with E-state index in [1.54, 1.807) is 42.8 Å². The first-order chi connectivity index (χ1) is 14.3. The zero-order valence-corrected chi connectivity index (χ0v) is 18.1. The van der Waals surface area contributed by atoms with Crippen molar-refractivity contribution in [2.24, 2.45) is 0 Å². The van der Waals surface area contributed by atoms with Gasteiger partial charge in [-0.3, -0.25) is 9.52 Å². The van der Waals surface area contributed by atoms with Crippen molar-refractivity contribution in [1.82, 2.24) is 4.98 Å². The molecule has 1 aliphatic rings. The molecule has 8 nitrogen and oxygen atoms in total. The van der Waals surface area contributed by atoms with Gasteiger partial charge < -0.3 is 14.4 Å². The molecule has 156 valence electrons. The first-order valence-corrected chi connectivity index (χ1v) is 11.3. The highest BCUT2D eigenvalue weighted by atomic mass is 32.2. The second kappa shape index (κ2) is 7.62. The fourth-order valence-electron chi connectivity index (χ4n) is 3.05. The molecular formula is C20H19N3O5S2. The highest BCUT2D eigenvalue weighted by Gasteiger charge is 2.24. The number of ether oxygens (including phenoxy) is 2. The molecule has 0 saturated carbocycles. The van der Waals surface area contributed by atoms with Crippen LogP contribution in [-0.2, 0) is 14.8 Å². The van der Waals surface area contributed by atoms with Gasteiger partial charge in [0.25, 0.3) is 15.9 Å². The van der Waals surface area contributed by atoms with Gasteiger partial charge in [-0.05, 0) is 42.8 Å². The summed E-state index contributed by atoms with van der Waals surface area (Å²) in [6.07, 6.45) is 0. The Morgan fingerprint density at radius 2 is 2.03 bits per heavy atom. The number of hydrogen-bond acceptors (Lipinski definition) is 7. The average Bonchev–Trinajstić information content (AvgIpc) is 3.18. The van der Waals surface area contributed by atoms with Gasteiger partial charge in [0.05, 0.1) is 18.5 Å². The van der Waals surface area contributed by atoms with E-state index in [9.17, 15) is 13.2 Å². The van der Waals surface area contributed by atoms with Gasteiger partial charge in [0.15, 0.2) is 11.7 Å². The Balaban J connectivity index is 1.63. The molecule has 1 amide bonds. The first kappa shape index (κ1) is 20.2. The molecule has 1 aliphatic heterocycles. The minimum absolute atomic E-state index is 0.00784. The SMILES string of the molecule is COc1ccc(C)cc1S(=O)(=O)Nc1nc(-c2ccc3c(c2)N(C)C(=O)CO3)cs1. The molecule has 30 heavy (non-hydrogen) atoms. The van der Waals surface area contributed by atoms with Gasteiger partial charge in [0.1, 0.15) is 16.4 Å². The number of rotatable bonds is 5. The number of anilines is 2. The summed E-state index contributed by atoms with van der Waals surface area (Å²) in [5.74, 6) is 0.731. The zero-order chi connectivity index (χ0) is 21.5. The van der Waals surface area contributed by atoms with Crippen LogP contribution in [0.4, 0.5) is 10.8 Å². The lowest BCUT2D eigenvalue weighted by Crippen LogP contribution is -2.35. The summed E-state index contributed by atoms with van der Waals surface area (Å²) in [6, 6.07) is 10.3. The summed E-state index contributed by atoms with van der Waals surface area (Å²) in [4.78, 5) is 17.9. The largest absolute Gasteiger partial charge is 0.495 e. The average molecular weight is 446 g/mol. The molecule has 10 heteroatoms. The fourth-order valence-corrected chi connectivity index (χ4v) is 5.28. The Morgan fingerprint density at radius 1 is 1.23 bits per heavy atom. The van der Waals surface area contributed by atoms with Crippen LogP contribution in [0.15, 0.2) is 46.7 Å². The molecule has 2 aromatic carbocycles. The number of methoxy groups -OCH3 is 1. The maximum atomic E-state index is 12.9. The number of aromatic nitrogens is 1. The highest BCUT2D eigenvalue weighted by Crippen LogP contribution is 2.36. The van der Waals surface area contributed by atoms with E-state index in [1.165, 1.54) is 23.3 Å². The number of carbonyl (C=O) groups is 1. The van der Waals surface area contributed by atoms with Crippen molar-refractivity contribution in [2.45, 2.75) is 11.8 Å². The van der Waals surface area contributed by atoms with Crippen molar-refractivity contribution in [2.75, 3.05) is 30.4 Å². The number of likely N-dealkylation sites (N-methyl/N-ethyl adjacent to an activating group) is 1. The zero-order valence-electron chi connectivity index (χ0n) is 16.5. The number of thiazole rings is 1. The van der Waals surface area contributed by atoms with Crippen LogP contribution in [0.1, 0.15) is 5.56 Å². The molecule has 1 N–H and O–H groups in total. The predicted molar refractivity (Wildman–Crippen MR) is 115 cm³/mol. The summed E-state index contributed by atoms with van der Waals surface area (Å²) in [5, 5.41) is 1.98. The molecule has 0 radical (unpaired) electrons.